The maximum atomic E-state index is 12.1. The maximum absolute atomic E-state index is 12.1. The molecule has 0 aliphatic rings. The number of carboxylic acid groups (broad SMARTS) is 1. The fourth-order valence-electron chi connectivity index (χ4n) is 1.58. The molecule has 7 nitrogen and oxygen atoms in total. The molecule has 0 saturated carbocycles. The first-order valence-electron chi connectivity index (χ1n) is 5.63. The van der Waals surface area contributed by atoms with Gasteiger partial charge in [-0.1, -0.05) is 6.07 Å². The van der Waals surface area contributed by atoms with Crippen molar-refractivity contribution in [1.82, 2.24) is 4.72 Å². The third-order valence-corrected chi connectivity index (χ3v) is 4.37. The minimum absolute atomic E-state index is 0.110. The lowest BCUT2D eigenvalue weighted by molar-refractivity contribution is -0.138. The Bertz CT molecular complexity index is 637. The Morgan fingerprint density at radius 2 is 1.95 bits per heavy atom. The third-order valence-electron chi connectivity index (χ3n) is 2.68. The largest absolute Gasteiger partial charge is 0.480 e. The Hall–Kier alpha value is -1.93. The second-order valence-corrected chi connectivity index (χ2v) is 5.78. The minimum Gasteiger partial charge on any atom is -0.480 e. The number of hydrogen-bond acceptors (Lipinski definition) is 5. The molecule has 1 aromatic rings. The minimum atomic E-state index is -4.04. The van der Waals surface area contributed by atoms with E-state index < -0.39 is 28.0 Å². The van der Waals surface area contributed by atoms with E-state index in [0.717, 1.165) is 0 Å². The van der Waals surface area contributed by atoms with Crippen molar-refractivity contribution in [2.45, 2.75) is 24.8 Å². The molecule has 0 fully saturated rings. The van der Waals surface area contributed by atoms with Crippen LogP contribution in [0.2, 0.25) is 0 Å². The van der Waals surface area contributed by atoms with Gasteiger partial charge in [0.2, 0.25) is 10.0 Å². The van der Waals surface area contributed by atoms with Crippen LogP contribution >= 0.6 is 0 Å². The number of rotatable bonds is 5. The number of nitrogens with one attached hydrogen (secondary N) is 1. The molecule has 0 bridgehead atoms. The Labute approximate surface area is 116 Å². The van der Waals surface area contributed by atoms with Crippen LogP contribution in [0.1, 0.15) is 22.8 Å². The van der Waals surface area contributed by atoms with E-state index in [9.17, 15) is 18.0 Å². The number of esters is 1. The number of carbonyl (C=O) groups excluding carboxylic acids is 1. The van der Waals surface area contributed by atoms with E-state index in [4.69, 9.17) is 5.11 Å². The predicted molar refractivity (Wildman–Crippen MR) is 69.9 cm³/mol. The lowest BCUT2D eigenvalue weighted by Crippen LogP contribution is -2.38. The van der Waals surface area contributed by atoms with Crippen molar-refractivity contribution >= 4 is 22.0 Å². The van der Waals surface area contributed by atoms with Crippen molar-refractivity contribution in [2.75, 3.05) is 7.11 Å². The number of carboxylic acids is 1. The molecule has 0 radical (unpaired) electrons. The van der Waals surface area contributed by atoms with Crippen molar-refractivity contribution in [3.63, 3.8) is 0 Å². The predicted octanol–water partition coefficient (Wildman–Crippen LogP) is 0.533. The third kappa shape index (κ3) is 3.34. The zero-order valence-corrected chi connectivity index (χ0v) is 12.0. The number of methoxy groups -OCH3 is 1. The average Bonchev–Trinajstić information content (AvgIpc) is 2.37. The normalized spacial score (nSPS) is 12.8. The van der Waals surface area contributed by atoms with Crippen LogP contribution < -0.4 is 4.72 Å². The summed E-state index contributed by atoms with van der Waals surface area (Å²) in [5.74, 6) is -1.96. The Morgan fingerprint density at radius 1 is 1.35 bits per heavy atom. The highest BCUT2D eigenvalue weighted by atomic mass is 32.2. The molecule has 0 unspecified atom stereocenters. The van der Waals surface area contributed by atoms with Gasteiger partial charge in [-0.15, -0.1) is 0 Å². The van der Waals surface area contributed by atoms with E-state index in [1.54, 1.807) is 0 Å². The number of carbonyl (C=O) groups is 2. The topological polar surface area (TPSA) is 110 Å². The smallest absolute Gasteiger partial charge is 0.338 e. The van der Waals surface area contributed by atoms with Gasteiger partial charge in [0.15, 0.2) is 0 Å². The molecule has 0 saturated heterocycles. The van der Waals surface area contributed by atoms with Crippen LogP contribution in [0, 0.1) is 6.92 Å². The van der Waals surface area contributed by atoms with Crippen molar-refractivity contribution < 1.29 is 27.9 Å². The van der Waals surface area contributed by atoms with Crippen LogP contribution in [0.15, 0.2) is 23.1 Å². The molecule has 1 atom stereocenters. The van der Waals surface area contributed by atoms with Crippen LogP contribution in [0.5, 0.6) is 0 Å². The van der Waals surface area contributed by atoms with E-state index in [-0.39, 0.29) is 16.0 Å². The number of benzene rings is 1. The van der Waals surface area contributed by atoms with Crippen molar-refractivity contribution in [3.05, 3.63) is 29.3 Å². The summed E-state index contributed by atoms with van der Waals surface area (Å²) in [6.07, 6.45) is 0. The highest BCUT2D eigenvalue weighted by Gasteiger charge is 2.25. The molecule has 1 aromatic carbocycles. The quantitative estimate of drug-likeness (QED) is 0.768. The monoisotopic (exact) mass is 301 g/mol. The lowest BCUT2D eigenvalue weighted by atomic mass is 10.1. The second-order valence-electron chi connectivity index (χ2n) is 4.10. The zero-order valence-electron chi connectivity index (χ0n) is 11.2. The molecule has 0 aromatic heterocycles. The molecular weight excluding hydrogens is 286 g/mol. The Balaban J connectivity index is 3.26. The van der Waals surface area contributed by atoms with Gasteiger partial charge in [0.1, 0.15) is 6.04 Å². The summed E-state index contributed by atoms with van der Waals surface area (Å²) < 4.78 is 30.8. The van der Waals surface area contributed by atoms with Crippen molar-refractivity contribution in [3.8, 4) is 0 Å². The maximum Gasteiger partial charge on any atom is 0.338 e. The fourth-order valence-corrected chi connectivity index (χ4v) is 3.05. The molecule has 20 heavy (non-hydrogen) atoms. The first-order valence-corrected chi connectivity index (χ1v) is 7.12. The molecule has 0 spiro atoms. The molecule has 0 amide bonds. The summed E-state index contributed by atoms with van der Waals surface area (Å²) in [5.41, 5.74) is 0.308. The van der Waals surface area contributed by atoms with Gasteiger partial charge in [-0.3, -0.25) is 4.79 Å². The molecule has 0 aliphatic carbocycles. The average molecular weight is 301 g/mol. The van der Waals surface area contributed by atoms with Gasteiger partial charge in [0.25, 0.3) is 0 Å². The summed E-state index contributed by atoms with van der Waals surface area (Å²) in [5, 5.41) is 8.74. The molecule has 8 heteroatoms. The van der Waals surface area contributed by atoms with Gasteiger partial charge < -0.3 is 9.84 Å². The van der Waals surface area contributed by atoms with Gasteiger partial charge in [-0.25, -0.2) is 13.2 Å². The zero-order chi connectivity index (χ0) is 15.5. The molecule has 0 heterocycles. The molecule has 1 rings (SSSR count). The second kappa shape index (κ2) is 6.02. The van der Waals surface area contributed by atoms with E-state index >= 15 is 0 Å². The van der Waals surface area contributed by atoms with E-state index in [1.165, 1.54) is 39.2 Å². The van der Waals surface area contributed by atoms with E-state index in [0.29, 0.717) is 0 Å². The highest BCUT2D eigenvalue weighted by molar-refractivity contribution is 7.89. The van der Waals surface area contributed by atoms with Crippen LogP contribution in [0.4, 0.5) is 0 Å². The van der Waals surface area contributed by atoms with Gasteiger partial charge >= 0.3 is 11.9 Å². The summed E-state index contributed by atoms with van der Waals surface area (Å²) >= 11 is 0. The van der Waals surface area contributed by atoms with Gasteiger partial charge in [-0.05, 0) is 31.5 Å². The van der Waals surface area contributed by atoms with Crippen LogP contribution in [-0.4, -0.2) is 38.6 Å². The van der Waals surface area contributed by atoms with Crippen LogP contribution in [0.25, 0.3) is 0 Å². The molecule has 110 valence electrons. The Morgan fingerprint density at radius 3 is 2.45 bits per heavy atom. The van der Waals surface area contributed by atoms with Gasteiger partial charge in [-0.2, -0.15) is 4.72 Å². The Kier molecular flexibility index (Phi) is 4.85. The summed E-state index contributed by atoms with van der Waals surface area (Å²) in [4.78, 5) is 22.1. The number of ether oxygens (including phenoxy) is 1. The molecule has 2 N–H and O–H groups in total. The first kappa shape index (κ1) is 16.1. The number of aliphatic carboxylic acids is 1. The first-order chi connectivity index (χ1) is 9.20. The van der Waals surface area contributed by atoms with Crippen LogP contribution in [0.3, 0.4) is 0 Å². The van der Waals surface area contributed by atoms with Gasteiger partial charge in [0.05, 0.1) is 17.6 Å². The molecule has 0 aliphatic heterocycles. The summed E-state index contributed by atoms with van der Waals surface area (Å²) in [6.45, 7) is 2.66. The SMILES string of the molecule is COC(=O)c1cccc(S(=O)(=O)N[C@H](C)C(=O)O)c1C. The molecular formula is C12H15NO6S. The standard InChI is InChI=1S/C12H15NO6S/c1-7-9(12(16)19-3)5-4-6-10(7)20(17,18)13-8(2)11(14)15/h4-6,8,13H,1-3H3,(H,14,15)/t8-/m1/s1. The summed E-state index contributed by atoms with van der Waals surface area (Å²) in [7, 11) is -2.85. The fraction of sp³-hybridized carbons (Fsp3) is 0.333. The lowest BCUT2D eigenvalue weighted by Gasteiger charge is -2.13. The number of sulfonamides is 1. The van der Waals surface area contributed by atoms with Crippen molar-refractivity contribution in [1.29, 1.82) is 0 Å². The van der Waals surface area contributed by atoms with Gasteiger partial charge in [0, 0.05) is 0 Å². The van der Waals surface area contributed by atoms with E-state index in [1.807, 2.05) is 4.72 Å². The highest BCUT2D eigenvalue weighted by Crippen LogP contribution is 2.19. The van der Waals surface area contributed by atoms with E-state index in [2.05, 4.69) is 4.74 Å². The van der Waals surface area contributed by atoms with Crippen molar-refractivity contribution in [2.24, 2.45) is 0 Å². The summed E-state index contributed by atoms with van der Waals surface area (Å²) in [6, 6.07) is 2.83. The number of hydrogen-bond donors (Lipinski definition) is 2. The van der Waals surface area contributed by atoms with Crippen LogP contribution in [-0.2, 0) is 19.6 Å².